The third-order valence-corrected chi connectivity index (χ3v) is 4.13. The van der Waals surface area contributed by atoms with Gasteiger partial charge in [-0.1, -0.05) is 24.3 Å². The second-order valence-corrected chi connectivity index (χ2v) is 5.57. The lowest BCUT2D eigenvalue weighted by atomic mass is 9.80. The first-order valence-corrected chi connectivity index (χ1v) is 6.51. The monoisotopic (exact) mass is 247 g/mol. The number of hydrogen-bond acceptors (Lipinski definition) is 2. The van der Waals surface area contributed by atoms with Gasteiger partial charge in [0.25, 0.3) is 0 Å². The second-order valence-electron chi connectivity index (χ2n) is 5.57. The highest BCUT2D eigenvalue weighted by atomic mass is 16.4. The molecule has 0 amide bonds. The molecule has 2 rings (SSSR count). The molecule has 1 N–H and O–H groups in total. The van der Waals surface area contributed by atoms with Crippen LogP contribution in [0, 0.1) is 12.3 Å². The average molecular weight is 247 g/mol. The SMILES string of the molecule is Cc1ccccc1CN1CCC(C)(C(=O)O)CC1. The summed E-state index contributed by atoms with van der Waals surface area (Å²) in [6.45, 7) is 6.66. The standard InChI is InChI=1S/C15H21NO2/c1-12-5-3-4-6-13(12)11-16-9-7-15(2,8-10-16)14(17)18/h3-6H,7-11H2,1-2H3,(H,17,18). The Balaban J connectivity index is 1.95. The van der Waals surface area contributed by atoms with Crippen LogP contribution in [0.1, 0.15) is 30.9 Å². The average Bonchev–Trinajstić information content (AvgIpc) is 2.35. The van der Waals surface area contributed by atoms with Gasteiger partial charge in [0.05, 0.1) is 5.41 Å². The Morgan fingerprint density at radius 1 is 1.33 bits per heavy atom. The summed E-state index contributed by atoms with van der Waals surface area (Å²) in [5.41, 5.74) is 2.13. The number of rotatable bonds is 3. The molecule has 0 spiro atoms. The van der Waals surface area contributed by atoms with Crippen molar-refractivity contribution in [2.45, 2.75) is 33.2 Å². The van der Waals surface area contributed by atoms with Crippen LogP contribution in [-0.2, 0) is 11.3 Å². The van der Waals surface area contributed by atoms with Crippen molar-refractivity contribution in [3.63, 3.8) is 0 Å². The summed E-state index contributed by atoms with van der Waals surface area (Å²) < 4.78 is 0. The molecule has 0 radical (unpaired) electrons. The third kappa shape index (κ3) is 2.72. The van der Waals surface area contributed by atoms with E-state index in [4.69, 9.17) is 0 Å². The molecular formula is C15H21NO2. The van der Waals surface area contributed by atoms with Gasteiger partial charge < -0.3 is 5.11 Å². The summed E-state index contributed by atoms with van der Waals surface area (Å²) in [5, 5.41) is 9.20. The number of hydrogen-bond donors (Lipinski definition) is 1. The van der Waals surface area contributed by atoms with Gasteiger partial charge in [0.1, 0.15) is 0 Å². The maximum Gasteiger partial charge on any atom is 0.309 e. The molecule has 0 saturated carbocycles. The number of nitrogens with zero attached hydrogens (tertiary/aromatic N) is 1. The molecule has 0 unspecified atom stereocenters. The number of likely N-dealkylation sites (tertiary alicyclic amines) is 1. The lowest BCUT2D eigenvalue weighted by Crippen LogP contribution is -2.42. The van der Waals surface area contributed by atoms with Crippen LogP contribution in [0.15, 0.2) is 24.3 Å². The van der Waals surface area contributed by atoms with E-state index in [0.29, 0.717) is 0 Å². The summed E-state index contributed by atoms with van der Waals surface area (Å²) >= 11 is 0. The van der Waals surface area contributed by atoms with Crippen LogP contribution in [0.5, 0.6) is 0 Å². The zero-order chi connectivity index (χ0) is 13.2. The highest BCUT2D eigenvalue weighted by Crippen LogP contribution is 2.31. The molecule has 18 heavy (non-hydrogen) atoms. The lowest BCUT2D eigenvalue weighted by Gasteiger charge is -2.36. The predicted octanol–water partition coefficient (Wildman–Crippen LogP) is 2.68. The number of aliphatic carboxylic acids is 1. The first-order valence-electron chi connectivity index (χ1n) is 6.51. The molecule has 1 aromatic rings. The molecular weight excluding hydrogens is 226 g/mol. The number of carboxylic acid groups (broad SMARTS) is 1. The molecule has 1 aliphatic rings. The van der Waals surface area contributed by atoms with Crippen molar-refractivity contribution < 1.29 is 9.90 Å². The Kier molecular flexibility index (Phi) is 3.71. The maximum atomic E-state index is 11.2. The van der Waals surface area contributed by atoms with Crippen LogP contribution in [0.3, 0.4) is 0 Å². The van der Waals surface area contributed by atoms with E-state index in [9.17, 15) is 9.90 Å². The Labute approximate surface area is 108 Å². The molecule has 1 fully saturated rings. The van der Waals surface area contributed by atoms with Gasteiger partial charge in [-0.05, 0) is 50.9 Å². The van der Waals surface area contributed by atoms with Crippen LogP contribution in [0.25, 0.3) is 0 Å². The minimum atomic E-state index is -0.655. The number of carboxylic acids is 1. The molecule has 3 nitrogen and oxygen atoms in total. The Hall–Kier alpha value is -1.35. The minimum absolute atomic E-state index is 0.526. The fourth-order valence-electron chi connectivity index (χ4n) is 2.45. The molecule has 0 aliphatic carbocycles. The molecule has 0 aromatic heterocycles. The van der Waals surface area contributed by atoms with Crippen molar-refractivity contribution in [1.29, 1.82) is 0 Å². The highest BCUT2D eigenvalue weighted by molar-refractivity contribution is 5.74. The first-order chi connectivity index (χ1) is 8.51. The van der Waals surface area contributed by atoms with Crippen molar-refractivity contribution in [1.82, 2.24) is 4.90 Å². The van der Waals surface area contributed by atoms with Gasteiger partial charge in [-0.2, -0.15) is 0 Å². The Morgan fingerprint density at radius 2 is 1.94 bits per heavy atom. The summed E-state index contributed by atoms with van der Waals surface area (Å²) in [7, 11) is 0. The van der Waals surface area contributed by atoms with E-state index < -0.39 is 11.4 Å². The van der Waals surface area contributed by atoms with Crippen molar-refractivity contribution in [3.8, 4) is 0 Å². The van der Waals surface area contributed by atoms with E-state index >= 15 is 0 Å². The van der Waals surface area contributed by atoms with E-state index in [1.54, 1.807) is 0 Å². The van der Waals surface area contributed by atoms with Gasteiger partial charge >= 0.3 is 5.97 Å². The summed E-state index contributed by atoms with van der Waals surface area (Å²) in [6.07, 6.45) is 1.49. The van der Waals surface area contributed by atoms with Crippen molar-refractivity contribution in [2.75, 3.05) is 13.1 Å². The zero-order valence-corrected chi connectivity index (χ0v) is 11.1. The minimum Gasteiger partial charge on any atom is -0.481 e. The van der Waals surface area contributed by atoms with Crippen LogP contribution < -0.4 is 0 Å². The number of piperidine rings is 1. The second kappa shape index (κ2) is 5.11. The van der Waals surface area contributed by atoms with Crippen LogP contribution in [0.2, 0.25) is 0 Å². The summed E-state index contributed by atoms with van der Waals surface area (Å²) in [5.74, 6) is -0.655. The fourth-order valence-corrected chi connectivity index (χ4v) is 2.45. The molecule has 1 aliphatic heterocycles. The number of benzene rings is 1. The molecule has 1 aromatic carbocycles. The van der Waals surface area contributed by atoms with E-state index in [0.717, 1.165) is 32.5 Å². The van der Waals surface area contributed by atoms with Crippen LogP contribution in [0.4, 0.5) is 0 Å². The van der Waals surface area contributed by atoms with E-state index in [1.165, 1.54) is 11.1 Å². The van der Waals surface area contributed by atoms with E-state index in [1.807, 2.05) is 6.92 Å². The maximum absolute atomic E-state index is 11.2. The van der Waals surface area contributed by atoms with Crippen molar-refractivity contribution in [3.05, 3.63) is 35.4 Å². The molecule has 1 saturated heterocycles. The molecule has 3 heteroatoms. The van der Waals surface area contributed by atoms with Gasteiger partial charge in [-0.15, -0.1) is 0 Å². The van der Waals surface area contributed by atoms with Gasteiger partial charge in [-0.25, -0.2) is 0 Å². The van der Waals surface area contributed by atoms with Crippen LogP contribution in [-0.4, -0.2) is 29.1 Å². The van der Waals surface area contributed by atoms with Crippen molar-refractivity contribution >= 4 is 5.97 Å². The van der Waals surface area contributed by atoms with E-state index in [-0.39, 0.29) is 0 Å². The quantitative estimate of drug-likeness (QED) is 0.892. The van der Waals surface area contributed by atoms with Gasteiger partial charge in [0.2, 0.25) is 0 Å². The van der Waals surface area contributed by atoms with Gasteiger partial charge in [0.15, 0.2) is 0 Å². The molecule has 1 heterocycles. The first kappa shape index (κ1) is 13.1. The Morgan fingerprint density at radius 3 is 2.50 bits per heavy atom. The highest BCUT2D eigenvalue weighted by Gasteiger charge is 2.36. The molecule has 0 atom stereocenters. The topological polar surface area (TPSA) is 40.5 Å². The summed E-state index contributed by atoms with van der Waals surface area (Å²) in [4.78, 5) is 13.5. The lowest BCUT2D eigenvalue weighted by molar-refractivity contribution is -0.150. The largest absolute Gasteiger partial charge is 0.481 e. The smallest absolute Gasteiger partial charge is 0.309 e. The summed E-state index contributed by atoms with van der Waals surface area (Å²) in [6, 6.07) is 8.39. The molecule has 0 bridgehead atoms. The van der Waals surface area contributed by atoms with Gasteiger partial charge in [-0.3, -0.25) is 9.69 Å². The third-order valence-electron chi connectivity index (χ3n) is 4.13. The fraction of sp³-hybridized carbons (Fsp3) is 0.533. The zero-order valence-electron chi connectivity index (χ0n) is 11.1. The van der Waals surface area contributed by atoms with Crippen LogP contribution >= 0.6 is 0 Å². The Bertz CT molecular complexity index is 434. The normalized spacial score (nSPS) is 19.7. The number of carbonyl (C=O) groups is 1. The van der Waals surface area contributed by atoms with Gasteiger partial charge in [0, 0.05) is 6.54 Å². The molecule has 98 valence electrons. The van der Waals surface area contributed by atoms with E-state index in [2.05, 4.69) is 36.1 Å². The predicted molar refractivity (Wildman–Crippen MR) is 71.4 cm³/mol. The van der Waals surface area contributed by atoms with Crippen molar-refractivity contribution in [2.24, 2.45) is 5.41 Å². The number of aryl methyl sites for hydroxylation is 1.